The number of carbonyl (C=O) groups is 3. The maximum Gasteiger partial charge on any atom is 0.337 e. The van der Waals surface area contributed by atoms with Crippen LogP contribution in [0.1, 0.15) is 35.4 Å². The smallest absolute Gasteiger partial charge is 0.337 e. The Bertz CT molecular complexity index is 1650. The summed E-state index contributed by atoms with van der Waals surface area (Å²) in [6, 6.07) is 14.5. The van der Waals surface area contributed by atoms with Crippen molar-refractivity contribution in [2.75, 3.05) is 23.7 Å². The van der Waals surface area contributed by atoms with E-state index in [1.807, 2.05) is 30.3 Å². The van der Waals surface area contributed by atoms with Gasteiger partial charge in [0.25, 0.3) is 0 Å². The van der Waals surface area contributed by atoms with Gasteiger partial charge in [-0.1, -0.05) is 42.5 Å². The number of carbonyl (C=O) groups excluding carboxylic acids is 2. The fourth-order valence-corrected chi connectivity index (χ4v) is 5.07. The molecular formula is C28H28N8O7. The summed E-state index contributed by atoms with van der Waals surface area (Å²) in [6.07, 6.45) is -0.454. The number of benzene rings is 2. The maximum absolute atomic E-state index is 12.8. The molecule has 15 heteroatoms. The summed E-state index contributed by atoms with van der Waals surface area (Å²) in [5.41, 5.74) is 1.68. The highest BCUT2D eigenvalue weighted by molar-refractivity contribution is 6.00. The maximum atomic E-state index is 12.8. The number of imidazole rings is 1. The topological polar surface area (TPSA) is 191 Å². The Labute approximate surface area is 244 Å². The summed E-state index contributed by atoms with van der Waals surface area (Å²) < 4.78 is 20.7. The lowest BCUT2D eigenvalue weighted by Gasteiger charge is -2.22. The third-order valence-electron chi connectivity index (χ3n) is 6.99. The van der Waals surface area contributed by atoms with E-state index >= 15 is 0 Å². The van der Waals surface area contributed by atoms with Gasteiger partial charge in [0.2, 0.25) is 0 Å². The van der Waals surface area contributed by atoms with Gasteiger partial charge in [0.05, 0.1) is 17.6 Å². The molecule has 5 N–H and O–H groups in total. The van der Waals surface area contributed by atoms with Gasteiger partial charge in [-0.15, -0.1) is 0 Å². The van der Waals surface area contributed by atoms with Gasteiger partial charge in [-0.05, 0) is 19.1 Å². The number of carboxylic acids is 1. The Hall–Kier alpha value is -5.12. The van der Waals surface area contributed by atoms with Crippen molar-refractivity contribution < 1.29 is 33.7 Å². The summed E-state index contributed by atoms with van der Waals surface area (Å²) in [5, 5.41) is 20.1. The zero-order valence-electron chi connectivity index (χ0n) is 22.8. The Kier molecular flexibility index (Phi) is 7.83. The molecule has 0 radical (unpaired) electrons. The van der Waals surface area contributed by atoms with Crippen LogP contribution in [0.4, 0.5) is 21.1 Å². The van der Waals surface area contributed by atoms with E-state index in [4.69, 9.17) is 14.2 Å². The van der Waals surface area contributed by atoms with Crippen molar-refractivity contribution in [2.24, 2.45) is 0 Å². The highest BCUT2D eigenvalue weighted by Gasteiger charge is 2.54. The molecular weight excluding hydrogens is 560 g/mol. The van der Waals surface area contributed by atoms with E-state index in [0.29, 0.717) is 17.7 Å². The number of urea groups is 2. The van der Waals surface area contributed by atoms with Crippen LogP contribution in [-0.4, -0.2) is 74.1 Å². The predicted molar refractivity (Wildman–Crippen MR) is 151 cm³/mol. The van der Waals surface area contributed by atoms with E-state index in [9.17, 15) is 19.5 Å². The normalized spacial score (nSPS) is 22.6. The summed E-state index contributed by atoms with van der Waals surface area (Å²) in [5.74, 6) is -0.934. The molecule has 2 aliphatic heterocycles. The van der Waals surface area contributed by atoms with Crippen LogP contribution >= 0.6 is 0 Å². The molecule has 2 saturated heterocycles. The Morgan fingerprint density at radius 2 is 1.63 bits per heavy atom. The van der Waals surface area contributed by atoms with Crippen LogP contribution in [0.15, 0.2) is 67.3 Å². The lowest BCUT2D eigenvalue weighted by atomic mass is 10.1. The minimum atomic E-state index is -1.16. The van der Waals surface area contributed by atoms with Crippen LogP contribution in [0.3, 0.4) is 0 Å². The third-order valence-corrected chi connectivity index (χ3v) is 6.99. The predicted octanol–water partition coefficient (Wildman–Crippen LogP) is 2.87. The first-order valence-corrected chi connectivity index (χ1v) is 13.5. The number of nitrogens with zero attached hydrogens (tertiary/aromatic N) is 4. The zero-order valence-corrected chi connectivity index (χ0v) is 22.8. The highest BCUT2D eigenvalue weighted by atomic mass is 16.8. The van der Waals surface area contributed by atoms with Crippen molar-refractivity contribution >= 4 is 40.7 Å². The molecule has 2 fully saturated rings. The van der Waals surface area contributed by atoms with E-state index in [-0.39, 0.29) is 23.6 Å². The molecule has 2 aromatic carbocycles. The van der Waals surface area contributed by atoms with Crippen molar-refractivity contribution in [3.05, 3.63) is 78.4 Å². The molecule has 0 saturated carbocycles. The Morgan fingerprint density at radius 1 is 0.884 bits per heavy atom. The van der Waals surface area contributed by atoms with Crippen LogP contribution in [0.5, 0.6) is 0 Å². The van der Waals surface area contributed by atoms with Crippen molar-refractivity contribution in [2.45, 2.75) is 37.8 Å². The second kappa shape index (κ2) is 12.0. The lowest BCUT2D eigenvalue weighted by molar-refractivity contribution is -0.146. The van der Waals surface area contributed by atoms with Gasteiger partial charge in [0, 0.05) is 18.7 Å². The molecule has 15 nitrogen and oxygen atoms in total. The number of amides is 4. The monoisotopic (exact) mass is 588 g/mol. The first-order chi connectivity index (χ1) is 20.9. The number of aromatic carboxylic acids is 1. The largest absolute Gasteiger partial charge is 0.478 e. The number of nitrogens with one attached hydrogen (secondary N) is 4. The number of carboxylic acid groups (broad SMARTS) is 1. The van der Waals surface area contributed by atoms with Crippen molar-refractivity contribution in [1.82, 2.24) is 30.2 Å². The van der Waals surface area contributed by atoms with Crippen LogP contribution in [0.2, 0.25) is 0 Å². The van der Waals surface area contributed by atoms with E-state index in [1.54, 1.807) is 23.6 Å². The van der Waals surface area contributed by atoms with E-state index in [1.165, 1.54) is 24.8 Å². The standard InChI is InChI=1S/C28H28N8O7/c1-2-29-27(39)35-22-19-23(32-13-31-22)36(14-33-19)24-21-20(42-26(43-21)15-8-4-3-5-9-15)18(41-24)12-30-28(40)34-17-11-7-6-10-16(17)25(37)38/h3-11,13-14,18,20-21,24,26H,2,12H2,1H3,(H,37,38)(H2,30,34,40)(H2,29,31,32,35,39)/t18?,20?,21?,24?,26-/m0/s1. The second-order valence-electron chi connectivity index (χ2n) is 9.73. The van der Waals surface area contributed by atoms with Crippen LogP contribution < -0.4 is 21.3 Å². The van der Waals surface area contributed by atoms with Crippen LogP contribution in [0, 0.1) is 0 Å². The van der Waals surface area contributed by atoms with Gasteiger partial charge in [-0.2, -0.15) is 0 Å². The fourth-order valence-electron chi connectivity index (χ4n) is 5.07. The SMILES string of the molecule is CCNC(=O)Nc1ncnc2c1ncn2C1OC(CNC(=O)Nc2ccccc2C(=O)O)C2O[C@H](c3ccccc3)OC21. The van der Waals surface area contributed by atoms with Crippen LogP contribution in [0.25, 0.3) is 11.2 Å². The number of aromatic nitrogens is 4. The summed E-state index contributed by atoms with van der Waals surface area (Å²) in [7, 11) is 0. The fraction of sp³-hybridized carbons (Fsp3) is 0.286. The van der Waals surface area contributed by atoms with Gasteiger partial charge in [-0.3, -0.25) is 9.88 Å². The summed E-state index contributed by atoms with van der Waals surface area (Å²) in [4.78, 5) is 49.4. The molecule has 2 aromatic heterocycles. The molecule has 222 valence electrons. The molecule has 4 unspecified atom stereocenters. The lowest BCUT2D eigenvalue weighted by Crippen LogP contribution is -2.40. The van der Waals surface area contributed by atoms with Gasteiger partial charge in [0.1, 0.15) is 24.6 Å². The molecule has 4 heterocycles. The van der Waals surface area contributed by atoms with Crippen molar-refractivity contribution in [1.29, 1.82) is 0 Å². The van der Waals surface area contributed by atoms with E-state index in [0.717, 1.165) is 5.56 Å². The zero-order chi connectivity index (χ0) is 29.9. The first kappa shape index (κ1) is 28.0. The Balaban J connectivity index is 1.24. The summed E-state index contributed by atoms with van der Waals surface area (Å²) in [6.45, 7) is 2.26. The molecule has 2 aliphatic rings. The number of hydrogen-bond acceptors (Lipinski definition) is 9. The molecule has 5 atom stereocenters. The van der Waals surface area contributed by atoms with E-state index in [2.05, 4.69) is 36.2 Å². The minimum absolute atomic E-state index is 0.0230. The van der Waals surface area contributed by atoms with Crippen molar-refractivity contribution in [3.8, 4) is 0 Å². The average Bonchev–Trinajstić information content (AvgIpc) is 3.71. The second-order valence-corrected chi connectivity index (χ2v) is 9.73. The number of fused-ring (bicyclic) bond motifs is 2. The number of hydrogen-bond donors (Lipinski definition) is 5. The molecule has 4 amide bonds. The number of para-hydroxylation sites is 1. The summed E-state index contributed by atoms with van der Waals surface area (Å²) >= 11 is 0. The number of rotatable bonds is 8. The van der Waals surface area contributed by atoms with Crippen molar-refractivity contribution in [3.63, 3.8) is 0 Å². The molecule has 0 spiro atoms. The molecule has 4 aromatic rings. The quantitative estimate of drug-likeness (QED) is 0.205. The van der Waals surface area contributed by atoms with E-state index < -0.39 is 48.9 Å². The minimum Gasteiger partial charge on any atom is -0.478 e. The number of ether oxygens (including phenoxy) is 3. The molecule has 0 aliphatic carbocycles. The highest BCUT2D eigenvalue weighted by Crippen LogP contribution is 2.44. The van der Waals surface area contributed by atoms with Gasteiger partial charge >= 0.3 is 18.0 Å². The molecule has 43 heavy (non-hydrogen) atoms. The van der Waals surface area contributed by atoms with Gasteiger partial charge < -0.3 is 35.3 Å². The third kappa shape index (κ3) is 5.68. The van der Waals surface area contributed by atoms with Gasteiger partial charge in [0.15, 0.2) is 29.5 Å². The van der Waals surface area contributed by atoms with Crippen LogP contribution in [-0.2, 0) is 14.2 Å². The average molecular weight is 589 g/mol. The molecule has 6 rings (SSSR count). The number of anilines is 2. The molecule has 0 bridgehead atoms. The first-order valence-electron chi connectivity index (χ1n) is 13.5. The Morgan fingerprint density at radius 3 is 2.42 bits per heavy atom. The van der Waals surface area contributed by atoms with Gasteiger partial charge in [-0.25, -0.2) is 29.3 Å².